The minimum atomic E-state index is -0.241. The van der Waals surface area contributed by atoms with Crippen molar-refractivity contribution in [2.24, 2.45) is 0 Å². The van der Waals surface area contributed by atoms with Gasteiger partial charge in [0.2, 0.25) is 0 Å². The Kier molecular flexibility index (Phi) is 5.72. The van der Waals surface area contributed by atoms with E-state index in [1.165, 1.54) is 0 Å². The number of aromatic nitrogens is 2. The first-order valence-electron chi connectivity index (χ1n) is 8.64. The first-order chi connectivity index (χ1) is 12.9. The van der Waals surface area contributed by atoms with Gasteiger partial charge in [0.15, 0.2) is 0 Å². The average molecular weight is 381 g/mol. The Morgan fingerprint density at radius 3 is 2.59 bits per heavy atom. The van der Waals surface area contributed by atoms with Crippen LogP contribution in [0.5, 0.6) is 0 Å². The van der Waals surface area contributed by atoms with Crippen molar-refractivity contribution in [3.8, 4) is 0 Å². The lowest BCUT2D eigenvalue weighted by atomic mass is 10.1. The summed E-state index contributed by atoms with van der Waals surface area (Å²) in [6, 6.07) is 15.2. The third kappa shape index (κ3) is 4.63. The normalized spacial score (nSPS) is 10.5. The van der Waals surface area contributed by atoms with Crippen LogP contribution in [0, 0.1) is 20.8 Å². The van der Waals surface area contributed by atoms with Gasteiger partial charge in [0.25, 0.3) is 5.91 Å². The van der Waals surface area contributed by atoms with Crippen LogP contribution in [0.2, 0.25) is 5.02 Å². The van der Waals surface area contributed by atoms with Crippen LogP contribution >= 0.6 is 11.6 Å². The molecule has 0 saturated heterocycles. The second kappa shape index (κ2) is 8.18. The van der Waals surface area contributed by atoms with Crippen molar-refractivity contribution in [2.45, 2.75) is 27.3 Å². The Morgan fingerprint density at radius 2 is 1.81 bits per heavy atom. The van der Waals surface area contributed by atoms with Crippen molar-refractivity contribution in [3.05, 3.63) is 81.8 Å². The van der Waals surface area contributed by atoms with E-state index in [2.05, 4.69) is 20.6 Å². The maximum atomic E-state index is 12.6. The largest absolute Gasteiger partial charge is 0.347 e. The van der Waals surface area contributed by atoms with Crippen molar-refractivity contribution in [1.29, 1.82) is 0 Å². The summed E-state index contributed by atoms with van der Waals surface area (Å²) in [5.74, 6) is 0.823. The predicted octanol–water partition coefficient (Wildman–Crippen LogP) is 4.73. The van der Waals surface area contributed by atoms with Crippen LogP contribution in [-0.2, 0) is 6.54 Å². The monoisotopic (exact) mass is 380 g/mol. The van der Waals surface area contributed by atoms with Gasteiger partial charge in [0.1, 0.15) is 17.3 Å². The number of anilines is 2. The van der Waals surface area contributed by atoms with E-state index in [0.717, 1.165) is 22.4 Å². The van der Waals surface area contributed by atoms with Gasteiger partial charge in [-0.25, -0.2) is 9.97 Å². The molecule has 0 unspecified atom stereocenters. The first kappa shape index (κ1) is 18.9. The first-order valence-corrected chi connectivity index (χ1v) is 9.02. The number of carbonyl (C=O) groups is 1. The zero-order valence-corrected chi connectivity index (χ0v) is 16.3. The number of aryl methyl sites for hydroxylation is 2. The predicted molar refractivity (Wildman–Crippen MR) is 109 cm³/mol. The molecule has 0 radical (unpaired) electrons. The Morgan fingerprint density at radius 1 is 1.04 bits per heavy atom. The summed E-state index contributed by atoms with van der Waals surface area (Å²) >= 11 is 6.17. The van der Waals surface area contributed by atoms with Crippen LogP contribution in [0.25, 0.3) is 0 Å². The average Bonchev–Trinajstić information content (AvgIpc) is 2.64. The van der Waals surface area contributed by atoms with Crippen molar-refractivity contribution in [2.75, 3.05) is 5.32 Å². The lowest BCUT2D eigenvalue weighted by molar-refractivity contribution is 0.0945. The minimum absolute atomic E-state index is 0.241. The summed E-state index contributed by atoms with van der Waals surface area (Å²) in [6.45, 7) is 6.15. The number of carbonyl (C=O) groups excluding carboxylic acids is 1. The third-order valence-electron chi connectivity index (χ3n) is 4.30. The molecule has 0 aliphatic rings. The molecule has 2 N–H and O–H groups in total. The molecule has 3 rings (SSSR count). The van der Waals surface area contributed by atoms with Crippen LogP contribution < -0.4 is 10.6 Å². The van der Waals surface area contributed by atoms with Crippen LogP contribution in [0.4, 0.5) is 11.5 Å². The molecule has 0 fully saturated rings. The summed E-state index contributed by atoms with van der Waals surface area (Å²) in [4.78, 5) is 21.2. The standard InChI is InChI=1S/C21H21ClN4O/c1-13-7-4-5-8-16(13)12-23-21(27)19-11-20(25-15(3)24-19)26-18-10-6-9-17(22)14(18)2/h4-11H,12H2,1-3H3,(H,23,27)(H,24,25,26). The number of hydrogen-bond donors (Lipinski definition) is 2. The van der Waals surface area contributed by atoms with E-state index in [9.17, 15) is 4.79 Å². The molecule has 1 amide bonds. The number of benzene rings is 2. The van der Waals surface area contributed by atoms with Gasteiger partial charge in [-0.1, -0.05) is 41.9 Å². The van der Waals surface area contributed by atoms with E-state index in [0.29, 0.717) is 28.9 Å². The van der Waals surface area contributed by atoms with Gasteiger partial charge in [0.05, 0.1) is 0 Å². The Bertz CT molecular complexity index is 988. The second-order valence-corrected chi connectivity index (χ2v) is 6.74. The van der Waals surface area contributed by atoms with Gasteiger partial charge in [-0.2, -0.15) is 0 Å². The quantitative estimate of drug-likeness (QED) is 0.671. The van der Waals surface area contributed by atoms with Crippen molar-refractivity contribution in [3.63, 3.8) is 0 Å². The lowest BCUT2D eigenvalue weighted by Gasteiger charge is -2.12. The van der Waals surface area contributed by atoms with Gasteiger partial charge < -0.3 is 10.6 Å². The number of hydrogen-bond acceptors (Lipinski definition) is 4. The van der Waals surface area contributed by atoms with E-state index in [4.69, 9.17) is 11.6 Å². The van der Waals surface area contributed by atoms with E-state index in [1.54, 1.807) is 13.0 Å². The second-order valence-electron chi connectivity index (χ2n) is 6.33. The molecule has 138 valence electrons. The van der Waals surface area contributed by atoms with E-state index in [1.807, 2.05) is 56.3 Å². The van der Waals surface area contributed by atoms with E-state index >= 15 is 0 Å². The summed E-state index contributed by atoms with van der Waals surface area (Å²) in [7, 11) is 0. The van der Waals surface area contributed by atoms with Crippen molar-refractivity contribution >= 4 is 29.0 Å². The fourth-order valence-electron chi connectivity index (χ4n) is 2.70. The molecular weight excluding hydrogens is 360 g/mol. The van der Waals surface area contributed by atoms with E-state index in [-0.39, 0.29) is 5.91 Å². The fraction of sp³-hybridized carbons (Fsp3) is 0.190. The van der Waals surface area contributed by atoms with Gasteiger partial charge in [0, 0.05) is 23.3 Å². The zero-order valence-electron chi connectivity index (χ0n) is 15.5. The molecular formula is C21H21ClN4O. The molecule has 0 bridgehead atoms. The lowest BCUT2D eigenvalue weighted by Crippen LogP contribution is -2.24. The SMILES string of the molecule is Cc1nc(Nc2cccc(Cl)c2C)cc(C(=O)NCc2ccccc2C)n1. The summed E-state index contributed by atoms with van der Waals surface area (Å²) in [5, 5.41) is 6.80. The molecule has 0 aliphatic carbocycles. The molecule has 0 spiro atoms. The van der Waals surface area contributed by atoms with Gasteiger partial charge >= 0.3 is 0 Å². The highest BCUT2D eigenvalue weighted by Gasteiger charge is 2.12. The fourth-order valence-corrected chi connectivity index (χ4v) is 2.88. The maximum absolute atomic E-state index is 12.6. The Balaban J connectivity index is 1.77. The van der Waals surface area contributed by atoms with Crippen LogP contribution in [0.1, 0.15) is 33.0 Å². The van der Waals surface area contributed by atoms with Crippen molar-refractivity contribution < 1.29 is 4.79 Å². The zero-order chi connectivity index (χ0) is 19.4. The van der Waals surface area contributed by atoms with Gasteiger partial charge in [-0.05, 0) is 49.6 Å². The molecule has 0 saturated carbocycles. The summed E-state index contributed by atoms with van der Waals surface area (Å²) in [5.41, 5.74) is 4.28. The molecule has 0 atom stereocenters. The number of rotatable bonds is 5. The Labute approximate surface area is 163 Å². The highest BCUT2D eigenvalue weighted by atomic mass is 35.5. The smallest absolute Gasteiger partial charge is 0.270 e. The third-order valence-corrected chi connectivity index (χ3v) is 4.71. The summed E-state index contributed by atoms with van der Waals surface area (Å²) in [6.07, 6.45) is 0. The molecule has 0 aliphatic heterocycles. The molecule has 1 aromatic heterocycles. The molecule has 5 nitrogen and oxygen atoms in total. The summed E-state index contributed by atoms with van der Waals surface area (Å²) < 4.78 is 0. The molecule has 3 aromatic rings. The van der Waals surface area contributed by atoms with Crippen LogP contribution in [-0.4, -0.2) is 15.9 Å². The highest BCUT2D eigenvalue weighted by Crippen LogP contribution is 2.25. The minimum Gasteiger partial charge on any atom is -0.347 e. The van der Waals surface area contributed by atoms with Crippen LogP contribution in [0.15, 0.2) is 48.5 Å². The number of halogens is 1. The molecule has 6 heteroatoms. The topological polar surface area (TPSA) is 66.9 Å². The number of amides is 1. The van der Waals surface area contributed by atoms with E-state index < -0.39 is 0 Å². The molecule has 1 heterocycles. The van der Waals surface area contributed by atoms with Crippen molar-refractivity contribution in [1.82, 2.24) is 15.3 Å². The maximum Gasteiger partial charge on any atom is 0.270 e. The Hall–Kier alpha value is -2.92. The van der Waals surface area contributed by atoms with Crippen LogP contribution in [0.3, 0.4) is 0 Å². The highest BCUT2D eigenvalue weighted by molar-refractivity contribution is 6.31. The van der Waals surface area contributed by atoms with Gasteiger partial charge in [-0.15, -0.1) is 0 Å². The number of nitrogens with one attached hydrogen (secondary N) is 2. The molecule has 2 aromatic carbocycles. The number of nitrogens with zero attached hydrogens (tertiary/aromatic N) is 2. The van der Waals surface area contributed by atoms with Gasteiger partial charge in [-0.3, -0.25) is 4.79 Å². The molecule has 27 heavy (non-hydrogen) atoms.